The van der Waals surface area contributed by atoms with Crippen LogP contribution in [0, 0.1) is 3.57 Å². The number of rotatable bonds is 11. The first-order chi connectivity index (χ1) is 17.2. The molecule has 10 heteroatoms. The van der Waals surface area contributed by atoms with Gasteiger partial charge in [0.15, 0.2) is 6.29 Å². The Hall–Kier alpha value is -1.21. The number of hydrogen-bond acceptors (Lipinski definition) is 6. The van der Waals surface area contributed by atoms with Crippen molar-refractivity contribution in [2.75, 3.05) is 26.9 Å². The molecule has 1 aliphatic rings. The zero-order valence-electron chi connectivity index (χ0n) is 21.2. The first-order valence-corrected chi connectivity index (χ1v) is 17.3. The lowest BCUT2D eigenvalue weighted by Gasteiger charge is -2.31. The molecule has 2 aromatic carbocycles. The van der Waals surface area contributed by atoms with Gasteiger partial charge < -0.3 is 23.7 Å². The van der Waals surface area contributed by atoms with E-state index in [4.69, 9.17) is 40.3 Å². The van der Waals surface area contributed by atoms with Crippen molar-refractivity contribution in [2.24, 2.45) is 0 Å². The van der Waals surface area contributed by atoms with E-state index in [9.17, 15) is 0 Å². The summed E-state index contributed by atoms with van der Waals surface area (Å²) in [5.74, 6) is 0. The van der Waals surface area contributed by atoms with Gasteiger partial charge in [0, 0.05) is 37.3 Å². The van der Waals surface area contributed by atoms with Crippen LogP contribution in [0.15, 0.2) is 42.5 Å². The molecule has 1 fully saturated rings. The monoisotopic (exact) mass is 644 g/mol. The zero-order chi connectivity index (χ0) is 25.7. The molecule has 1 aromatic heterocycles. The topological polar surface area (TPSA) is 64.0 Å². The maximum Gasteiger partial charge on any atom is 0.299 e. The number of nitrogens with zero attached hydrogens (tertiary/aromatic N) is 2. The lowest BCUT2D eigenvalue weighted by atomic mass is 10.1. The van der Waals surface area contributed by atoms with Gasteiger partial charge in [-0.1, -0.05) is 61.6 Å². The van der Waals surface area contributed by atoms with Gasteiger partial charge in [-0.15, -0.1) is 0 Å². The molecular formula is C26H34ClIN2O5Si. The normalized spacial score (nSPS) is 19.5. The number of methoxy groups -OCH3 is 1. The molecular weight excluding hydrogens is 611 g/mol. The van der Waals surface area contributed by atoms with Gasteiger partial charge in [-0.3, -0.25) is 4.57 Å². The molecule has 0 bridgehead atoms. The Morgan fingerprint density at radius 3 is 2.64 bits per heavy atom. The van der Waals surface area contributed by atoms with Crippen LogP contribution in [0.2, 0.25) is 30.7 Å². The van der Waals surface area contributed by atoms with Crippen LogP contribution in [0.4, 0.5) is 0 Å². The summed E-state index contributed by atoms with van der Waals surface area (Å²) in [7, 11) is 0.454. The Balaban J connectivity index is 1.47. The van der Waals surface area contributed by atoms with E-state index in [-0.39, 0.29) is 12.2 Å². The predicted octanol–water partition coefficient (Wildman–Crippen LogP) is 6.50. The van der Waals surface area contributed by atoms with Crippen LogP contribution in [-0.2, 0) is 25.7 Å². The summed E-state index contributed by atoms with van der Waals surface area (Å²) in [4.78, 5) is 4.77. The average Bonchev–Trinajstić information content (AvgIpc) is 3.16. The lowest BCUT2D eigenvalue weighted by Crippen LogP contribution is -2.39. The summed E-state index contributed by atoms with van der Waals surface area (Å²) in [5.41, 5.74) is 2.67. The van der Waals surface area contributed by atoms with E-state index in [0.717, 1.165) is 26.2 Å². The number of ether oxygens (including phenoxy) is 5. The van der Waals surface area contributed by atoms with Crippen molar-refractivity contribution in [1.29, 1.82) is 0 Å². The molecule has 0 N–H and O–H groups in total. The summed E-state index contributed by atoms with van der Waals surface area (Å²) in [6.07, 6.45) is -0.198. The van der Waals surface area contributed by atoms with Gasteiger partial charge in [0.2, 0.25) is 0 Å². The molecule has 0 saturated carbocycles. The Morgan fingerprint density at radius 2 is 1.92 bits per heavy atom. The first-order valence-electron chi connectivity index (χ1n) is 12.1. The van der Waals surface area contributed by atoms with E-state index in [1.54, 1.807) is 7.11 Å². The van der Waals surface area contributed by atoms with Crippen molar-refractivity contribution in [3.8, 4) is 6.01 Å². The second kappa shape index (κ2) is 12.6. The third-order valence-electron chi connectivity index (χ3n) is 5.98. The third-order valence-corrected chi connectivity index (χ3v) is 9.21. The number of aromatic nitrogens is 2. The van der Waals surface area contributed by atoms with Crippen LogP contribution >= 0.6 is 34.2 Å². The highest BCUT2D eigenvalue weighted by Gasteiger charge is 2.29. The second-order valence-corrected chi connectivity index (χ2v) is 17.4. The summed E-state index contributed by atoms with van der Waals surface area (Å²) < 4.78 is 33.0. The minimum absolute atomic E-state index is 0.171. The highest BCUT2D eigenvalue weighted by Crippen LogP contribution is 2.30. The Kier molecular flexibility index (Phi) is 9.70. The Morgan fingerprint density at radius 1 is 1.17 bits per heavy atom. The summed E-state index contributed by atoms with van der Waals surface area (Å²) in [5, 5.41) is 0.680. The van der Waals surface area contributed by atoms with Crippen molar-refractivity contribution >= 4 is 53.3 Å². The molecule has 3 atom stereocenters. The highest BCUT2D eigenvalue weighted by atomic mass is 127. The van der Waals surface area contributed by atoms with Gasteiger partial charge in [-0.25, -0.2) is 0 Å². The van der Waals surface area contributed by atoms with Gasteiger partial charge in [0.1, 0.15) is 12.8 Å². The van der Waals surface area contributed by atoms with E-state index in [1.165, 1.54) is 0 Å². The van der Waals surface area contributed by atoms with E-state index in [0.29, 0.717) is 44.0 Å². The van der Waals surface area contributed by atoms with Gasteiger partial charge >= 0.3 is 0 Å². The van der Waals surface area contributed by atoms with E-state index in [2.05, 4.69) is 42.2 Å². The van der Waals surface area contributed by atoms with Crippen molar-refractivity contribution < 1.29 is 23.7 Å². The standard InChI is InChI=1S/C26H34ClIN2O5Si/c1-31-25(18-8-6-5-7-9-18)34-19-12-20(16-33-15-19)35-26-29-23-14-22(28)21(27)13-24(23)30(26)17-32-10-11-36(2,3)4/h5-9,13-14,19-20,25H,10-12,15-17H2,1-4H3/t19-,20+,25?/m0/s1. The minimum Gasteiger partial charge on any atom is -0.459 e. The fourth-order valence-corrected chi connectivity index (χ4v) is 5.35. The van der Waals surface area contributed by atoms with Gasteiger partial charge in [-0.05, 0) is 40.8 Å². The van der Waals surface area contributed by atoms with Crippen molar-refractivity contribution in [3.63, 3.8) is 0 Å². The number of imidazole rings is 1. The molecule has 7 nitrogen and oxygen atoms in total. The van der Waals surface area contributed by atoms with Gasteiger partial charge in [-0.2, -0.15) is 4.98 Å². The quantitative estimate of drug-likeness (QED) is 0.103. The molecule has 4 rings (SSSR count). The number of fused-ring (bicyclic) bond motifs is 1. The average molecular weight is 645 g/mol. The number of benzene rings is 2. The molecule has 196 valence electrons. The fourth-order valence-electron chi connectivity index (χ4n) is 3.99. The third kappa shape index (κ3) is 7.43. The second-order valence-electron chi connectivity index (χ2n) is 10.2. The molecule has 0 radical (unpaired) electrons. The van der Waals surface area contributed by atoms with Crippen LogP contribution in [0.1, 0.15) is 18.3 Å². The van der Waals surface area contributed by atoms with Crippen molar-refractivity contribution in [1.82, 2.24) is 9.55 Å². The van der Waals surface area contributed by atoms with Crippen LogP contribution in [0.25, 0.3) is 11.0 Å². The number of halogens is 2. The molecule has 1 unspecified atom stereocenters. The highest BCUT2D eigenvalue weighted by molar-refractivity contribution is 14.1. The number of hydrogen-bond donors (Lipinski definition) is 0. The summed E-state index contributed by atoms with van der Waals surface area (Å²) in [6.45, 7) is 9.01. The SMILES string of the molecule is COC(O[C@@H]1COC[C@H](Oc2nc3cc(I)c(Cl)cc3n2COCC[Si](C)(C)C)C1)c1ccccc1. The summed E-state index contributed by atoms with van der Waals surface area (Å²) in [6, 6.07) is 15.4. The van der Waals surface area contributed by atoms with E-state index >= 15 is 0 Å². The van der Waals surface area contributed by atoms with E-state index < -0.39 is 14.4 Å². The van der Waals surface area contributed by atoms with Gasteiger partial charge in [0.25, 0.3) is 6.01 Å². The molecule has 0 aliphatic carbocycles. The first kappa shape index (κ1) is 27.8. The zero-order valence-corrected chi connectivity index (χ0v) is 25.1. The Bertz CT molecular complexity index is 1140. The summed E-state index contributed by atoms with van der Waals surface area (Å²) >= 11 is 8.66. The van der Waals surface area contributed by atoms with Crippen LogP contribution in [0.3, 0.4) is 0 Å². The molecule has 1 saturated heterocycles. The fraction of sp³-hybridized carbons (Fsp3) is 0.500. The van der Waals surface area contributed by atoms with Crippen LogP contribution in [0.5, 0.6) is 6.01 Å². The van der Waals surface area contributed by atoms with Crippen molar-refractivity contribution in [2.45, 2.75) is 57.3 Å². The smallest absolute Gasteiger partial charge is 0.299 e. The van der Waals surface area contributed by atoms with Crippen LogP contribution in [-0.4, -0.2) is 56.8 Å². The maximum absolute atomic E-state index is 6.44. The van der Waals surface area contributed by atoms with E-state index in [1.807, 2.05) is 47.0 Å². The molecule has 0 spiro atoms. The van der Waals surface area contributed by atoms with Crippen LogP contribution < -0.4 is 4.74 Å². The largest absolute Gasteiger partial charge is 0.459 e. The Labute approximate surface area is 232 Å². The molecule has 2 heterocycles. The van der Waals surface area contributed by atoms with Gasteiger partial charge in [0.05, 0.1) is 35.4 Å². The lowest BCUT2D eigenvalue weighted by molar-refractivity contribution is -0.195. The predicted molar refractivity (Wildman–Crippen MR) is 152 cm³/mol. The maximum atomic E-state index is 6.44. The minimum atomic E-state index is -1.19. The molecule has 3 aromatic rings. The van der Waals surface area contributed by atoms with Crippen molar-refractivity contribution in [3.05, 3.63) is 56.6 Å². The molecule has 0 amide bonds. The molecule has 1 aliphatic heterocycles. The molecule has 36 heavy (non-hydrogen) atoms.